The quantitative estimate of drug-likeness (QED) is 0.801. The van der Waals surface area contributed by atoms with Gasteiger partial charge in [-0.1, -0.05) is 24.3 Å². The molecule has 0 spiro atoms. The van der Waals surface area contributed by atoms with Crippen LogP contribution in [0.1, 0.15) is 45.7 Å². The number of benzene rings is 1. The lowest BCUT2D eigenvalue weighted by atomic mass is 9.88. The van der Waals surface area contributed by atoms with Gasteiger partial charge in [-0.2, -0.15) is 0 Å². The molecule has 2 aliphatic rings. The van der Waals surface area contributed by atoms with Crippen molar-refractivity contribution in [1.82, 2.24) is 15.1 Å². The number of carbonyl (C=O) groups excluding carboxylic acids is 3. The fourth-order valence-electron chi connectivity index (χ4n) is 4.33. The molecule has 2 aromatic rings. The van der Waals surface area contributed by atoms with Crippen molar-refractivity contribution in [2.75, 3.05) is 26.2 Å². The Balaban J connectivity index is 1.44. The molecule has 1 N–H and O–H groups in total. The first-order valence-electron chi connectivity index (χ1n) is 10.6. The molecule has 1 atom stereocenters. The molecular weight excluding hydrogens is 398 g/mol. The topological polar surface area (TPSA) is 69.7 Å². The zero-order valence-electron chi connectivity index (χ0n) is 17.0. The molecule has 7 heteroatoms. The van der Waals surface area contributed by atoms with Gasteiger partial charge in [-0.25, -0.2) is 0 Å². The van der Waals surface area contributed by atoms with Crippen molar-refractivity contribution in [2.45, 2.75) is 31.7 Å². The first-order valence-corrected chi connectivity index (χ1v) is 11.5. The Labute approximate surface area is 180 Å². The van der Waals surface area contributed by atoms with Crippen LogP contribution in [-0.4, -0.2) is 59.7 Å². The zero-order chi connectivity index (χ0) is 20.9. The summed E-state index contributed by atoms with van der Waals surface area (Å²) in [7, 11) is 0. The molecule has 0 bridgehead atoms. The Bertz CT molecular complexity index is 870. The maximum absolute atomic E-state index is 13.2. The minimum Gasteiger partial charge on any atom is -0.341 e. The molecule has 2 aliphatic heterocycles. The van der Waals surface area contributed by atoms with Gasteiger partial charge in [0.05, 0.1) is 4.88 Å². The van der Waals surface area contributed by atoms with Crippen LogP contribution in [0.2, 0.25) is 0 Å². The van der Waals surface area contributed by atoms with E-state index in [0.29, 0.717) is 36.4 Å². The fourth-order valence-corrected chi connectivity index (χ4v) is 4.96. The van der Waals surface area contributed by atoms with Crippen LogP contribution in [0.15, 0.2) is 47.8 Å². The molecule has 3 amide bonds. The Hall–Kier alpha value is -2.67. The minimum atomic E-state index is -0.535. The Morgan fingerprint density at radius 3 is 2.23 bits per heavy atom. The smallest absolute Gasteiger partial charge is 0.262 e. The molecule has 30 heavy (non-hydrogen) atoms. The molecule has 3 heterocycles. The van der Waals surface area contributed by atoms with Crippen molar-refractivity contribution in [3.8, 4) is 0 Å². The summed E-state index contributed by atoms with van der Waals surface area (Å²) < 4.78 is 0. The second-order valence-electron chi connectivity index (χ2n) is 7.96. The Morgan fingerprint density at radius 2 is 1.60 bits per heavy atom. The van der Waals surface area contributed by atoms with Crippen LogP contribution in [-0.2, 0) is 4.79 Å². The van der Waals surface area contributed by atoms with Crippen LogP contribution in [0.3, 0.4) is 0 Å². The molecule has 1 aromatic carbocycles. The predicted octanol–water partition coefficient (Wildman–Crippen LogP) is 3.02. The molecule has 158 valence electrons. The molecule has 1 unspecified atom stereocenters. The number of amides is 3. The second kappa shape index (κ2) is 9.43. The van der Waals surface area contributed by atoms with Gasteiger partial charge in [-0.05, 0) is 55.2 Å². The van der Waals surface area contributed by atoms with Gasteiger partial charge in [0.1, 0.15) is 6.04 Å². The maximum atomic E-state index is 13.2. The highest BCUT2D eigenvalue weighted by molar-refractivity contribution is 7.12. The third kappa shape index (κ3) is 4.56. The summed E-state index contributed by atoms with van der Waals surface area (Å²) >= 11 is 1.38. The second-order valence-corrected chi connectivity index (χ2v) is 8.90. The fraction of sp³-hybridized carbons (Fsp3) is 0.435. The van der Waals surface area contributed by atoms with Crippen molar-refractivity contribution in [1.29, 1.82) is 0 Å². The summed E-state index contributed by atoms with van der Waals surface area (Å²) in [5.74, 6) is -0.114. The number of piperidine rings is 1. The Kier molecular flexibility index (Phi) is 6.47. The highest BCUT2D eigenvalue weighted by atomic mass is 32.1. The van der Waals surface area contributed by atoms with E-state index in [0.717, 1.165) is 25.9 Å². The standard InChI is InChI=1S/C23H27N3O3S/c27-21(19-9-6-16-30-19)24-20(23(29)25-12-4-5-13-25)17-10-14-26(15-11-17)22(28)18-7-2-1-3-8-18/h1-3,6-9,16-17,20H,4-5,10-15H2,(H,24,27). The molecular formula is C23H27N3O3S. The number of carbonyl (C=O) groups is 3. The van der Waals surface area contributed by atoms with Gasteiger partial charge < -0.3 is 15.1 Å². The van der Waals surface area contributed by atoms with Gasteiger partial charge in [-0.3, -0.25) is 14.4 Å². The van der Waals surface area contributed by atoms with E-state index in [1.165, 1.54) is 11.3 Å². The minimum absolute atomic E-state index is 0.0187. The summed E-state index contributed by atoms with van der Waals surface area (Å²) in [6.45, 7) is 2.71. The predicted molar refractivity (Wildman–Crippen MR) is 116 cm³/mol. The monoisotopic (exact) mass is 425 g/mol. The molecule has 6 nitrogen and oxygen atoms in total. The van der Waals surface area contributed by atoms with Crippen molar-refractivity contribution in [2.24, 2.45) is 5.92 Å². The summed E-state index contributed by atoms with van der Waals surface area (Å²) in [5.41, 5.74) is 0.687. The van der Waals surface area contributed by atoms with Crippen LogP contribution >= 0.6 is 11.3 Å². The van der Waals surface area contributed by atoms with E-state index >= 15 is 0 Å². The summed E-state index contributed by atoms with van der Waals surface area (Å²) in [4.78, 5) is 43.0. The van der Waals surface area contributed by atoms with Crippen LogP contribution in [0.4, 0.5) is 0 Å². The van der Waals surface area contributed by atoms with Gasteiger partial charge in [0, 0.05) is 31.7 Å². The SMILES string of the molecule is O=C(NC(C(=O)N1CCCC1)C1CCN(C(=O)c2ccccc2)CC1)c1cccs1. The van der Waals surface area contributed by atoms with E-state index in [-0.39, 0.29) is 23.6 Å². The molecule has 4 rings (SSSR count). The van der Waals surface area contributed by atoms with Crippen LogP contribution < -0.4 is 5.32 Å². The van der Waals surface area contributed by atoms with Crippen molar-refractivity contribution < 1.29 is 14.4 Å². The van der Waals surface area contributed by atoms with Crippen molar-refractivity contribution in [3.63, 3.8) is 0 Å². The normalized spacial score (nSPS) is 18.3. The van der Waals surface area contributed by atoms with Crippen LogP contribution in [0.25, 0.3) is 0 Å². The number of nitrogens with zero attached hydrogens (tertiary/aromatic N) is 2. The number of nitrogens with one attached hydrogen (secondary N) is 1. The third-order valence-electron chi connectivity index (χ3n) is 6.03. The number of hydrogen-bond donors (Lipinski definition) is 1. The van der Waals surface area contributed by atoms with E-state index in [1.54, 1.807) is 6.07 Å². The average molecular weight is 426 g/mol. The first kappa shape index (κ1) is 20.6. The third-order valence-corrected chi connectivity index (χ3v) is 6.90. The lowest BCUT2D eigenvalue weighted by molar-refractivity contribution is -0.134. The van der Waals surface area contributed by atoms with E-state index in [4.69, 9.17) is 0 Å². The number of rotatable bonds is 5. The summed E-state index contributed by atoms with van der Waals surface area (Å²) in [5, 5.41) is 4.88. The molecule has 2 fully saturated rings. The largest absolute Gasteiger partial charge is 0.341 e. The number of hydrogen-bond acceptors (Lipinski definition) is 4. The highest BCUT2D eigenvalue weighted by Gasteiger charge is 2.37. The summed E-state index contributed by atoms with van der Waals surface area (Å²) in [6.07, 6.45) is 3.43. The van der Waals surface area contributed by atoms with Gasteiger partial charge in [0.2, 0.25) is 5.91 Å². The first-order chi connectivity index (χ1) is 14.6. The van der Waals surface area contributed by atoms with Gasteiger partial charge in [0.25, 0.3) is 11.8 Å². The van der Waals surface area contributed by atoms with Crippen LogP contribution in [0, 0.1) is 5.92 Å². The average Bonchev–Trinajstić information content (AvgIpc) is 3.52. The number of thiophene rings is 1. The lowest BCUT2D eigenvalue weighted by Crippen LogP contribution is -2.54. The van der Waals surface area contributed by atoms with Gasteiger partial charge in [0.15, 0.2) is 0 Å². The zero-order valence-corrected chi connectivity index (χ0v) is 17.8. The van der Waals surface area contributed by atoms with E-state index < -0.39 is 6.04 Å². The lowest BCUT2D eigenvalue weighted by Gasteiger charge is -2.37. The molecule has 0 aliphatic carbocycles. The van der Waals surface area contributed by atoms with E-state index in [2.05, 4.69) is 5.32 Å². The van der Waals surface area contributed by atoms with E-state index in [1.807, 2.05) is 51.6 Å². The number of likely N-dealkylation sites (tertiary alicyclic amines) is 2. The molecule has 0 saturated carbocycles. The highest BCUT2D eigenvalue weighted by Crippen LogP contribution is 2.25. The van der Waals surface area contributed by atoms with Gasteiger partial charge >= 0.3 is 0 Å². The molecule has 0 radical (unpaired) electrons. The van der Waals surface area contributed by atoms with Crippen molar-refractivity contribution >= 4 is 29.1 Å². The molecule has 2 saturated heterocycles. The Morgan fingerprint density at radius 1 is 0.900 bits per heavy atom. The molecule has 1 aromatic heterocycles. The van der Waals surface area contributed by atoms with Crippen LogP contribution in [0.5, 0.6) is 0 Å². The van der Waals surface area contributed by atoms with Gasteiger partial charge in [-0.15, -0.1) is 11.3 Å². The van der Waals surface area contributed by atoms with E-state index in [9.17, 15) is 14.4 Å². The maximum Gasteiger partial charge on any atom is 0.262 e. The summed E-state index contributed by atoms with van der Waals surface area (Å²) in [6, 6.07) is 12.4. The van der Waals surface area contributed by atoms with Crippen molar-refractivity contribution in [3.05, 3.63) is 58.3 Å².